The van der Waals surface area contributed by atoms with Gasteiger partial charge in [-0.25, -0.2) is 0 Å². The quantitative estimate of drug-likeness (QED) is 0.821. The lowest BCUT2D eigenvalue weighted by Crippen LogP contribution is -2.33. The molecule has 6 heteroatoms. The maximum atomic E-state index is 11.2. The zero-order valence-electron chi connectivity index (χ0n) is 10.5. The van der Waals surface area contributed by atoms with Crippen molar-refractivity contribution in [1.29, 1.82) is 0 Å². The van der Waals surface area contributed by atoms with Gasteiger partial charge in [-0.15, -0.1) is 0 Å². The summed E-state index contributed by atoms with van der Waals surface area (Å²) >= 11 is 6.05. The summed E-state index contributed by atoms with van der Waals surface area (Å²) in [6.07, 6.45) is 0.312. The molecule has 1 aromatic carbocycles. The molecular weight excluding hydrogens is 258 g/mol. The van der Waals surface area contributed by atoms with Crippen LogP contribution in [0.2, 0.25) is 5.02 Å². The fourth-order valence-corrected chi connectivity index (χ4v) is 1.89. The summed E-state index contributed by atoms with van der Waals surface area (Å²) in [6.45, 7) is 0. The molecule has 0 fully saturated rings. The van der Waals surface area contributed by atoms with Gasteiger partial charge >= 0.3 is 5.97 Å². The number of carbonyl (C=O) groups is 1. The lowest BCUT2D eigenvalue weighted by molar-refractivity contribution is -0.142. The highest BCUT2D eigenvalue weighted by Gasteiger charge is 2.17. The van der Waals surface area contributed by atoms with Crippen LogP contribution in [0, 0.1) is 0 Å². The maximum absolute atomic E-state index is 11.2. The molecule has 1 unspecified atom stereocenters. The van der Waals surface area contributed by atoms with Crippen LogP contribution >= 0.6 is 11.6 Å². The molecule has 0 aliphatic carbocycles. The SMILES string of the molecule is COC(=O)C(N)Cc1cc(Cl)c(OC)c(OC)c1. The van der Waals surface area contributed by atoms with Crippen molar-refractivity contribution in [3.63, 3.8) is 0 Å². The fourth-order valence-electron chi connectivity index (χ4n) is 1.58. The van der Waals surface area contributed by atoms with Crippen LogP contribution in [0.25, 0.3) is 0 Å². The third kappa shape index (κ3) is 3.27. The number of carbonyl (C=O) groups excluding carboxylic acids is 1. The van der Waals surface area contributed by atoms with Crippen LogP contribution in [0.1, 0.15) is 5.56 Å². The van der Waals surface area contributed by atoms with E-state index in [1.165, 1.54) is 21.3 Å². The van der Waals surface area contributed by atoms with Crippen LogP contribution in [0.5, 0.6) is 11.5 Å². The Morgan fingerprint density at radius 3 is 2.50 bits per heavy atom. The van der Waals surface area contributed by atoms with Crippen molar-refractivity contribution in [2.45, 2.75) is 12.5 Å². The molecule has 18 heavy (non-hydrogen) atoms. The molecule has 0 spiro atoms. The predicted molar refractivity (Wildman–Crippen MR) is 68.3 cm³/mol. The van der Waals surface area contributed by atoms with E-state index in [2.05, 4.69) is 4.74 Å². The number of halogens is 1. The van der Waals surface area contributed by atoms with Crippen molar-refractivity contribution in [1.82, 2.24) is 0 Å². The summed E-state index contributed by atoms with van der Waals surface area (Å²) in [5.74, 6) is 0.479. The monoisotopic (exact) mass is 273 g/mol. The molecule has 0 amide bonds. The third-order valence-corrected chi connectivity index (χ3v) is 2.73. The van der Waals surface area contributed by atoms with Gasteiger partial charge in [0.2, 0.25) is 0 Å². The number of esters is 1. The van der Waals surface area contributed by atoms with E-state index in [4.69, 9.17) is 26.8 Å². The van der Waals surface area contributed by atoms with E-state index < -0.39 is 12.0 Å². The molecule has 0 aromatic heterocycles. The van der Waals surface area contributed by atoms with Crippen molar-refractivity contribution in [2.75, 3.05) is 21.3 Å². The topological polar surface area (TPSA) is 70.8 Å². The van der Waals surface area contributed by atoms with Gasteiger partial charge in [0.25, 0.3) is 0 Å². The minimum Gasteiger partial charge on any atom is -0.493 e. The summed E-state index contributed by atoms with van der Waals surface area (Å²) in [5, 5.41) is 0.406. The highest BCUT2D eigenvalue weighted by atomic mass is 35.5. The zero-order valence-corrected chi connectivity index (χ0v) is 11.3. The van der Waals surface area contributed by atoms with E-state index in [9.17, 15) is 4.79 Å². The average molecular weight is 274 g/mol. The number of rotatable bonds is 5. The summed E-state index contributed by atoms with van der Waals surface area (Å²) in [4.78, 5) is 11.2. The van der Waals surface area contributed by atoms with E-state index >= 15 is 0 Å². The van der Waals surface area contributed by atoms with Gasteiger partial charge in [0, 0.05) is 0 Å². The molecule has 0 saturated carbocycles. The standard InChI is InChI=1S/C12H16ClNO4/c1-16-10-6-7(4-8(13)11(10)17-2)5-9(14)12(15)18-3/h4,6,9H,5,14H2,1-3H3. The average Bonchev–Trinajstić information content (AvgIpc) is 2.36. The van der Waals surface area contributed by atoms with Gasteiger partial charge in [-0.05, 0) is 24.1 Å². The smallest absolute Gasteiger partial charge is 0.322 e. The molecule has 0 radical (unpaired) electrons. The van der Waals surface area contributed by atoms with E-state index in [0.29, 0.717) is 22.9 Å². The predicted octanol–water partition coefficient (Wildman–Crippen LogP) is 1.40. The molecule has 0 saturated heterocycles. The first-order valence-electron chi connectivity index (χ1n) is 5.27. The van der Waals surface area contributed by atoms with Gasteiger partial charge in [-0.2, -0.15) is 0 Å². The maximum Gasteiger partial charge on any atom is 0.322 e. The largest absolute Gasteiger partial charge is 0.493 e. The number of hydrogen-bond donors (Lipinski definition) is 1. The molecule has 0 aliphatic heterocycles. The summed E-state index contributed by atoms with van der Waals surface area (Å²) in [6, 6.07) is 2.68. The van der Waals surface area contributed by atoms with Gasteiger partial charge in [-0.3, -0.25) is 4.79 Å². The molecule has 0 bridgehead atoms. The van der Waals surface area contributed by atoms with Crippen LogP contribution in [0.3, 0.4) is 0 Å². The van der Waals surface area contributed by atoms with Gasteiger partial charge in [0.1, 0.15) is 6.04 Å². The highest BCUT2D eigenvalue weighted by Crippen LogP contribution is 2.36. The Balaban J connectivity index is 2.98. The summed E-state index contributed by atoms with van der Waals surface area (Å²) in [5.41, 5.74) is 6.46. The Bertz CT molecular complexity index is 436. The minimum atomic E-state index is -0.732. The van der Waals surface area contributed by atoms with Crippen LogP contribution in [0.15, 0.2) is 12.1 Å². The second-order valence-electron chi connectivity index (χ2n) is 3.65. The lowest BCUT2D eigenvalue weighted by atomic mass is 10.1. The normalized spacial score (nSPS) is 11.8. The molecule has 1 atom stereocenters. The van der Waals surface area contributed by atoms with Crippen molar-refractivity contribution in [2.24, 2.45) is 5.73 Å². The Morgan fingerprint density at radius 2 is 2.00 bits per heavy atom. The lowest BCUT2D eigenvalue weighted by Gasteiger charge is -2.13. The first kappa shape index (κ1) is 14.6. The van der Waals surface area contributed by atoms with E-state index in [0.717, 1.165) is 5.56 Å². The highest BCUT2D eigenvalue weighted by molar-refractivity contribution is 6.32. The molecule has 0 aliphatic rings. The number of methoxy groups -OCH3 is 3. The summed E-state index contributed by atoms with van der Waals surface area (Å²) in [7, 11) is 4.31. The van der Waals surface area contributed by atoms with Gasteiger partial charge in [0.05, 0.1) is 26.4 Å². The van der Waals surface area contributed by atoms with Gasteiger partial charge < -0.3 is 19.9 Å². The third-order valence-electron chi connectivity index (χ3n) is 2.45. The van der Waals surface area contributed by atoms with Crippen molar-refractivity contribution in [3.05, 3.63) is 22.7 Å². The van der Waals surface area contributed by atoms with E-state index in [1.54, 1.807) is 12.1 Å². The van der Waals surface area contributed by atoms with Crippen LogP contribution < -0.4 is 15.2 Å². The molecule has 0 heterocycles. The first-order valence-corrected chi connectivity index (χ1v) is 5.65. The Hall–Kier alpha value is -1.46. The zero-order chi connectivity index (χ0) is 13.7. The Labute approximate surface area is 111 Å². The summed E-state index contributed by atoms with van der Waals surface area (Å²) < 4.78 is 14.8. The van der Waals surface area contributed by atoms with Crippen molar-refractivity contribution in [3.8, 4) is 11.5 Å². The molecule has 100 valence electrons. The van der Waals surface area contributed by atoms with Crippen LogP contribution in [-0.2, 0) is 16.0 Å². The number of hydrogen-bond acceptors (Lipinski definition) is 5. The van der Waals surface area contributed by atoms with Crippen molar-refractivity contribution < 1.29 is 19.0 Å². The number of ether oxygens (including phenoxy) is 3. The molecule has 5 nitrogen and oxygen atoms in total. The second kappa shape index (κ2) is 6.47. The molecule has 2 N–H and O–H groups in total. The minimum absolute atomic E-state index is 0.312. The van der Waals surface area contributed by atoms with E-state index in [1.807, 2.05) is 0 Å². The Morgan fingerprint density at radius 1 is 1.33 bits per heavy atom. The van der Waals surface area contributed by atoms with Crippen LogP contribution in [0.4, 0.5) is 0 Å². The first-order chi connectivity index (χ1) is 8.53. The Kier molecular flexibility index (Phi) is 5.25. The van der Waals surface area contributed by atoms with Crippen LogP contribution in [-0.4, -0.2) is 33.3 Å². The molecule has 1 aromatic rings. The van der Waals surface area contributed by atoms with Gasteiger partial charge in [0.15, 0.2) is 11.5 Å². The fraction of sp³-hybridized carbons (Fsp3) is 0.417. The molecular formula is C12H16ClNO4. The number of nitrogens with two attached hydrogens (primary N) is 1. The second-order valence-corrected chi connectivity index (χ2v) is 4.05. The van der Waals surface area contributed by atoms with Crippen molar-refractivity contribution >= 4 is 17.6 Å². The molecule has 1 rings (SSSR count). The number of benzene rings is 1. The van der Waals surface area contributed by atoms with Gasteiger partial charge in [-0.1, -0.05) is 11.6 Å². The van der Waals surface area contributed by atoms with E-state index in [-0.39, 0.29) is 0 Å².